The van der Waals surface area contributed by atoms with Crippen molar-refractivity contribution in [1.82, 2.24) is 5.32 Å². The molecule has 0 bridgehead atoms. The molecule has 2 atom stereocenters. The number of aryl methyl sites for hydroxylation is 1. The van der Waals surface area contributed by atoms with Crippen molar-refractivity contribution in [1.29, 1.82) is 0 Å². The molecule has 1 amide bonds. The summed E-state index contributed by atoms with van der Waals surface area (Å²) in [7, 11) is 0. The molecular weight excluding hydrogens is 362 g/mol. The summed E-state index contributed by atoms with van der Waals surface area (Å²) < 4.78 is 1.65. The van der Waals surface area contributed by atoms with Gasteiger partial charge < -0.3 is 10.4 Å². The number of hydrogen-bond donors (Lipinski definition) is 1. The van der Waals surface area contributed by atoms with Crippen molar-refractivity contribution in [3.8, 4) is 0 Å². The summed E-state index contributed by atoms with van der Waals surface area (Å²) in [5.74, 6) is -0.663. The minimum atomic E-state index is -0.771. The second kappa shape index (κ2) is 8.10. The van der Waals surface area contributed by atoms with Gasteiger partial charge in [0.2, 0.25) is 12.3 Å². The molecule has 0 fully saturated rings. The van der Waals surface area contributed by atoms with Gasteiger partial charge in [0.25, 0.3) is 5.91 Å². The number of nitrogens with one attached hydrogen (secondary N) is 1. The molecule has 5 heteroatoms. The third-order valence-electron chi connectivity index (χ3n) is 4.90. The summed E-state index contributed by atoms with van der Waals surface area (Å²) in [6, 6.07) is 25.3. The lowest BCUT2D eigenvalue weighted by molar-refractivity contribution is -0.565. The molecule has 0 saturated heterocycles. The van der Waals surface area contributed by atoms with Crippen LogP contribution in [0.3, 0.4) is 0 Å². The normalized spacial score (nSPS) is 19.8. The highest BCUT2D eigenvalue weighted by molar-refractivity contribution is 5.97. The Morgan fingerprint density at radius 2 is 1.59 bits per heavy atom. The summed E-state index contributed by atoms with van der Waals surface area (Å²) in [5.41, 5.74) is 3.50. The molecule has 144 valence electrons. The number of benzene rings is 3. The molecule has 1 aliphatic rings. The van der Waals surface area contributed by atoms with E-state index in [9.17, 15) is 9.90 Å². The zero-order chi connectivity index (χ0) is 20.2. The topological polar surface area (TPSA) is 67.5 Å². The summed E-state index contributed by atoms with van der Waals surface area (Å²) in [6.45, 7) is 2.02. The van der Waals surface area contributed by atoms with Crippen LogP contribution >= 0.6 is 0 Å². The lowest BCUT2D eigenvalue weighted by Gasteiger charge is -2.20. The lowest BCUT2D eigenvalue weighted by Crippen LogP contribution is -2.47. The molecule has 1 N–H and O–H groups in total. The Hall–Kier alpha value is -3.73. The van der Waals surface area contributed by atoms with E-state index in [1.807, 2.05) is 73.8 Å². The van der Waals surface area contributed by atoms with Gasteiger partial charge in [0.1, 0.15) is 6.04 Å². The van der Waals surface area contributed by atoms with Gasteiger partial charge >= 0.3 is 0 Å². The van der Waals surface area contributed by atoms with Gasteiger partial charge in [-0.3, -0.25) is 4.79 Å². The average Bonchev–Trinajstić information content (AvgIpc) is 3.05. The molecule has 0 unspecified atom stereocenters. The van der Waals surface area contributed by atoms with Crippen molar-refractivity contribution < 1.29 is 14.6 Å². The minimum absolute atomic E-state index is 0.294. The van der Waals surface area contributed by atoms with Gasteiger partial charge in [-0.15, -0.1) is 0 Å². The zero-order valence-corrected chi connectivity index (χ0v) is 16.0. The van der Waals surface area contributed by atoms with E-state index in [-0.39, 0.29) is 11.8 Å². The van der Waals surface area contributed by atoms with Gasteiger partial charge in [-0.25, -0.2) is 0 Å². The largest absolute Gasteiger partial charge is 0.856 e. The molecule has 0 radical (unpaired) electrons. The van der Waals surface area contributed by atoms with Crippen molar-refractivity contribution in [2.45, 2.75) is 19.0 Å². The SMILES string of the molecule is Cc1ccc(/C=[N+]2\N=C([O-])[C@@H](NC(=O)c3ccccc3)[C@@H]2c2ccccc2)cc1. The van der Waals surface area contributed by atoms with Crippen molar-refractivity contribution in [2.24, 2.45) is 5.10 Å². The first-order valence-electron chi connectivity index (χ1n) is 9.48. The quantitative estimate of drug-likeness (QED) is 0.704. The Morgan fingerprint density at radius 3 is 2.24 bits per heavy atom. The maximum absolute atomic E-state index is 12.7. The van der Waals surface area contributed by atoms with Crippen LogP contribution in [0.25, 0.3) is 0 Å². The fraction of sp³-hybridized carbons (Fsp3) is 0.125. The molecule has 5 nitrogen and oxygen atoms in total. The predicted octanol–water partition coefficient (Wildman–Crippen LogP) is 2.65. The smallest absolute Gasteiger partial charge is 0.252 e. The number of carbonyl (C=O) groups is 1. The predicted molar refractivity (Wildman–Crippen MR) is 111 cm³/mol. The third kappa shape index (κ3) is 4.09. The number of rotatable bonds is 4. The maximum atomic E-state index is 12.7. The first-order chi connectivity index (χ1) is 14.1. The lowest BCUT2D eigenvalue weighted by atomic mass is 9.99. The van der Waals surface area contributed by atoms with Crippen LogP contribution in [-0.4, -0.2) is 28.7 Å². The van der Waals surface area contributed by atoms with E-state index in [0.29, 0.717) is 5.56 Å². The maximum Gasteiger partial charge on any atom is 0.252 e. The van der Waals surface area contributed by atoms with Gasteiger partial charge in [0, 0.05) is 16.7 Å². The van der Waals surface area contributed by atoms with Gasteiger partial charge in [0.05, 0.1) is 5.90 Å². The van der Waals surface area contributed by atoms with E-state index in [4.69, 9.17) is 0 Å². The standard InChI is InChI=1S/C24H21N3O2/c1-17-12-14-18(15-13-17)16-27-22(19-8-4-2-5-9-19)21(24(29)26-27)25-23(28)20-10-6-3-7-11-20/h2-16,21-22H,1H3,(H-,25,26,28,29)/b27-16-/t21-,22-/m0/s1. The van der Waals surface area contributed by atoms with E-state index >= 15 is 0 Å². The summed E-state index contributed by atoms with van der Waals surface area (Å²) in [4.78, 5) is 12.7. The molecule has 4 rings (SSSR count). The number of hydrogen-bond acceptors (Lipinski definition) is 3. The van der Waals surface area contributed by atoms with Gasteiger partial charge in [0.15, 0.2) is 0 Å². The van der Waals surface area contributed by atoms with Crippen molar-refractivity contribution in [2.75, 3.05) is 0 Å². The summed E-state index contributed by atoms with van der Waals surface area (Å²) in [6.07, 6.45) is 1.84. The van der Waals surface area contributed by atoms with Crippen LogP contribution in [0, 0.1) is 6.92 Å². The molecule has 3 aromatic carbocycles. The zero-order valence-electron chi connectivity index (χ0n) is 16.0. The first kappa shape index (κ1) is 18.6. The third-order valence-corrected chi connectivity index (χ3v) is 4.90. The molecule has 1 aliphatic heterocycles. The van der Waals surface area contributed by atoms with Crippen LogP contribution in [-0.2, 0) is 0 Å². The fourth-order valence-electron chi connectivity index (χ4n) is 3.39. The molecule has 0 spiro atoms. The molecule has 0 saturated carbocycles. The Balaban J connectivity index is 1.69. The van der Waals surface area contributed by atoms with Crippen LogP contribution in [0.4, 0.5) is 0 Å². The second-order valence-corrected chi connectivity index (χ2v) is 7.03. The highest BCUT2D eigenvalue weighted by Crippen LogP contribution is 2.26. The Morgan fingerprint density at radius 1 is 0.966 bits per heavy atom. The molecule has 3 aromatic rings. The Kier molecular flexibility index (Phi) is 5.20. The molecule has 29 heavy (non-hydrogen) atoms. The van der Waals surface area contributed by atoms with Crippen LogP contribution in [0.15, 0.2) is 90.0 Å². The Bertz CT molecular complexity index is 1060. The van der Waals surface area contributed by atoms with Crippen LogP contribution in [0.1, 0.15) is 33.1 Å². The highest BCUT2D eigenvalue weighted by Gasteiger charge is 2.41. The summed E-state index contributed by atoms with van der Waals surface area (Å²) >= 11 is 0. The number of carbonyl (C=O) groups excluding carboxylic acids is 1. The van der Waals surface area contributed by atoms with Crippen molar-refractivity contribution in [3.05, 3.63) is 107 Å². The minimum Gasteiger partial charge on any atom is -0.856 e. The van der Waals surface area contributed by atoms with Crippen LogP contribution in [0.5, 0.6) is 0 Å². The second-order valence-electron chi connectivity index (χ2n) is 7.03. The van der Waals surface area contributed by atoms with Gasteiger partial charge in [-0.05, 0) is 36.3 Å². The number of hydrazone groups is 1. The fourth-order valence-corrected chi connectivity index (χ4v) is 3.39. The summed E-state index contributed by atoms with van der Waals surface area (Å²) in [5, 5.41) is 19.8. The first-order valence-corrected chi connectivity index (χ1v) is 9.48. The molecule has 1 heterocycles. The average molecular weight is 383 g/mol. The van der Waals surface area contributed by atoms with E-state index in [1.54, 1.807) is 28.9 Å². The molecular formula is C24H21N3O2. The van der Waals surface area contributed by atoms with Gasteiger partial charge in [-0.1, -0.05) is 70.9 Å². The van der Waals surface area contributed by atoms with E-state index < -0.39 is 12.1 Å². The highest BCUT2D eigenvalue weighted by atomic mass is 16.3. The molecule has 0 aliphatic carbocycles. The van der Waals surface area contributed by atoms with Gasteiger partial charge in [-0.2, -0.15) is 0 Å². The Labute approximate surface area is 169 Å². The molecule has 0 aromatic heterocycles. The van der Waals surface area contributed by atoms with Crippen LogP contribution < -0.4 is 10.4 Å². The number of amides is 1. The van der Waals surface area contributed by atoms with E-state index in [1.165, 1.54) is 0 Å². The number of nitrogens with zero attached hydrogens (tertiary/aromatic N) is 2. The van der Waals surface area contributed by atoms with Crippen LogP contribution in [0.2, 0.25) is 0 Å². The van der Waals surface area contributed by atoms with E-state index in [2.05, 4.69) is 10.4 Å². The van der Waals surface area contributed by atoms with Crippen molar-refractivity contribution in [3.63, 3.8) is 0 Å². The van der Waals surface area contributed by atoms with Crippen molar-refractivity contribution >= 4 is 18.0 Å². The monoisotopic (exact) mass is 383 g/mol. The van der Waals surface area contributed by atoms with E-state index in [0.717, 1.165) is 16.7 Å².